The number of hydrogen-bond donors (Lipinski definition) is 2. The van der Waals surface area contributed by atoms with Gasteiger partial charge < -0.3 is 11.5 Å². The SMILES string of the molecule is Cc1c(N)cccc1CN(CC(N)=O)C(C)C. The van der Waals surface area contributed by atoms with Crippen molar-refractivity contribution in [3.63, 3.8) is 0 Å². The molecule has 0 saturated carbocycles. The topological polar surface area (TPSA) is 72.3 Å². The minimum absolute atomic E-state index is 0.267. The van der Waals surface area contributed by atoms with Crippen molar-refractivity contribution in [3.8, 4) is 0 Å². The van der Waals surface area contributed by atoms with Crippen molar-refractivity contribution in [2.24, 2.45) is 5.73 Å². The first-order valence-corrected chi connectivity index (χ1v) is 5.78. The molecule has 0 fully saturated rings. The Morgan fingerprint density at radius 1 is 1.41 bits per heavy atom. The first-order chi connectivity index (χ1) is 7.91. The molecule has 0 atom stereocenters. The molecule has 0 aliphatic carbocycles. The monoisotopic (exact) mass is 235 g/mol. The number of benzene rings is 1. The summed E-state index contributed by atoms with van der Waals surface area (Å²) in [5, 5.41) is 0. The highest BCUT2D eigenvalue weighted by Crippen LogP contribution is 2.18. The molecule has 4 N–H and O–H groups in total. The standard InChI is InChI=1S/C13H21N3O/c1-9(2)16(8-13(15)17)7-11-5-4-6-12(14)10(11)3/h4-6,9H,7-8,14H2,1-3H3,(H2,15,17). The van der Waals surface area contributed by atoms with E-state index in [1.807, 2.05) is 43.9 Å². The minimum Gasteiger partial charge on any atom is -0.399 e. The van der Waals surface area contributed by atoms with Crippen LogP contribution in [-0.2, 0) is 11.3 Å². The second-order valence-electron chi connectivity index (χ2n) is 4.60. The lowest BCUT2D eigenvalue weighted by atomic mass is 10.1. The summed E-state index contributed by atoms with van der Waals surface area (Å²) in [5.74, 6) is -0.305. The molecular formula is C13H21N3O. The molecule has 94 valence electrons. The van der Waals surface area contributed by atoms with Crippen molar-refractivity contribution >= 4 is 11.6 Å². The Hall–Kier alpha value is -1.55. The van der Waals surface area contributed by atoms with Gasteiger partial charge in [-0.1, -0.05) is 12.1 Å². The van der Waals surface area contributed by atoms with Gasteiger partial charge in [-0.3, -0.25) is 9.69 Å². The Balaban J connectivity index is 2.86. The Morgan fingerprint density at radius 2 is 2.06 bits per heavy atom. The van der Waals surface area contributed by atoms with Crippen molar-refractivity contribution < 1.29 is 4.79 Å². The van der Waals surface area contributed by atoms with Crippen LogP contribution < -0.4 is 11.5 Å². The lowest BCUT2D eigenvalue weighted by Gasteiger charge is -2.26. The van der Waals surface area contributed by atoms with E-state index in [1.54, 1.807) is 0 Å². The maximum absolute atomic E-state index is 11.0. The van der Waals surface area contributed by atoms with Gasteiger partial charge in [-0.2, -0.15) is 0 Å². The largest absolute Gasteiger partial charge is 0.399 e. The zero-order valence-electron chi connectivity index (χ0n) is 10.7. The lowest BCUT2D eigenvalue weighted by molar-refractivity contribution is -0.119. The average molecular weight is 235 g/mol. The van der Waals surface area contributed by atoms with Crippen molar-refractivity contribution in [2.45, 2.75) is 33.4 Å². The number of nitrogens with two attached hydrogens (primary N) is 2. The van der Waals surface area contributed by atoms with Gasteiger partial charge in [0.2, 0.25) is 5.91 Å². The number of primary amides is 1. The maximum atomic E-state index is 11.0. The summed E-state index contributed by atoms with van der Waals surface area (Å²) in [5.41, 5.74) is 14.1. The molecule has 0 heterocycles. The fourth-order valence-corrected chi connectivity index (χ4v) is 1.71. The van der Waals surface area contributed by atoms with Crippen molar-refractivity contribution in [2.75, 3.05) is 12.3 Å². The van der Waals surface area contributed by atoms with Gasteiger partial charge in [0, 0.05) is 18.3 Å². The molecule has 0 saturated heterocycles. The van der Waals surface area contributed by atoms with E-state index >= 15 is 0 Å². The van der Waals surface area contributed by atoms with E-state index in [2.05, 4.69) is 0 Å². The summed E-state index contributed by atoms with van der Waals surface area (Å²) in [4.78, 5) is 13.0. The molecule has 1 amide bonds. The van der Waals surface area contributed by atoms with Gasteiger partial charge in [-0.15, -0.1) is 0 Å². The number of nitrogen functional groups attached to an aromatic ring is 1. The average Bonchev–Trinajstić information content (AvgIpc) is 2.22. The first kappa shape index (κ1) is 13.5. The fourth-order valence-electron chi connectivity index (χ4n) is 1.71. The van der Waals surface area contributed by atoms with Gasteiger partial charge in [0.25, 0.3) is 0 Å². The van der Waals surface area contributed by atoms with E-state index in [9.17, 15) is 4.79 Å². The summed E-state index contributed by atoms with van der Waals surface area (Å²) < 4.78 is 0. The molecule has 4 nitrogen and oxygen atoms in total. The predicted molar refractivity (Wildman–Crippen MR) is 70.3 cm³/mol. The molecule has 0 radical (unpaired) electrons. The van der Waals surface area contributed by atoms with Gasteiger partial charge >= 0.3 is 0 Å². The summed E-state index contributed by atoms with van der Waals surface area (Å²) in [7, 11) is 0. The first-order valence-electron chi connectivity index (χ1n) is 5.78. The number of rotatable bonds is 5. The third kappa shape index (κ3) is 3.75. The second-order valence-corrected chi connectivity index (χ2v) is 4.60. The van der Waals surface area contributed by atoms with Crippen LogP contribution in [0, 0.1) is 6.92 Å². The fraction of sp³-hybridized carbons (Fsp3) is 0.462. The van der Waals surface area contributed by atoms with E-state index in [-0.39, 0.29) is 18.5 Å². The Morgan fingerprint density at radius 3 is 2.59 bits per heavy atom. The lowest BCUT2D eigenvalue weighted by Crippen LogP contribution is -2.38. The molecule has 0 aliphatic rings. The van der Waals surface area contributed by atoms with Crippen LogP contribution in [0.25, 0.3) is 0 Å². The quantitative estimate of drug-likeness (QED) is 0.755. The summed E-state index contributed by atoms with van der Waals surface area (Å²) in [6.07, 6.45) is 0. The molecule has 0 bridgehead atoms. The molecule has 4 heteroatoms. The zero-order chi connectivity index (χ0) is 13.0. The van der Waals surface area contributed by atoms with E-state index in [0.717, 1.165) is 16.8 Å². The molecule has 0 spiro atoms. The number of amides is 1. The number of carbonyl (C=O) groups is 1. The summed E-state index contributed by atoms with van der Waals surface area (Å²) >= 11 is 0. The minimum atomic E-state index is -0.305. The maximum Gasteiger partial charge on any atom is 0.231 e. The third-order valence-corrected chi connectivity index (χ3v) is 2.95. The van der Waals surface area contributed by atoms with Gasteiger partial charge in [0.1, 0.15) is 0 Å². The van der Waals surface area contributed by atoms with Crippen LogP contribution in [0.1, 0.15) is 25.0 Å². The Bertz CT molecular complexity index is 402. The molecule has 1 rings (SSSR count). The van der Waals surface area contributed by atoms with Crippen LogP contribution in [0.3, 0.4) is 0 Å². The number of nitrogens with zero attached hydrogens (tertiary/aromatic N) is 1. The van der Waals surface area contributed by atoms with E-state index in [4.69, 9.17) is 11.5 Å². The van der Waals surface area contributed by atoms with Crippen LogP contribution in [0.2, 0.25) is 0 Å². The van der Waals surface area contributed by atoms with Crippen molar-refractivity contribution in [3.05, 3.63) is 29.3 Å². The van der Waals surface area contributed by atoms with Gasteiger partial charge in [0.15, 0.2) is 0 Å². The molecular weight excluding hydrogens is 214 g/mol. The normalized spacial score (nSPS) is 11.1. The molecule has 1 aromatic rings. The highest BCUT2D eigenvalue weighted by molar-refractivity contribution is 5.76. The summed E-state index contributed by atoms with van der Waals surface area (Å²) in [6.45, 7) is 7.05. The summed E-state index contributed by atoms with van der Waals surface area (Å²) in [6, 6.07) is 6.11. The molecule has 1 aromatic carbocycles. The van der Waals surface area contributed by atoms with E-state index in [1.165, 1.54) is 0 Å². The molecule has 0 aromatic heterocycles. The number of hydrogen-bond acceptors (Lipinski definition) is 3. The van der Waals surface area contributed by atoms with Gasteiger partial charge in [-0.05, 0) is 38.0 Å². The van der Waals surface area contributed by atoms with E-state index < -0.39 is 0 Å². The second kappa shape index (κ2) is 5.68. The van der Waals surface area contributed by atoms with Gasteiger partial charge in [-0.25, -0.2) is 0 Å². The van der Waals surface area contributed by atoms with E-state index in [0.29, 0.717) is 6.54 Å². The third-order valence-electron chi connectivity index (χ3n) is 2.95. The molecule has 0 aliphatic heterocycles. The molecule has 17 heavy (non-hydrogen) atoms. The van der Waals surface area contributed by atoms with Crippen LogP contribution in [0.4, 0.5) is 5.69 Å². The van der Waals surface area contributed by atoms with Crippen LogP contribution in [0.15, 0.2) is 18.2 Å². The Kier molecular flexibility index (Phi) is 4.52. The van der Waals surface area contributed by atoms with Crippen molar-refractivity contribution in [1.29, 1.82) is 0 Å². The van der Waals surface area contributed by atoms with Crippen LogP contribution in [-0.4, -0.2) is 23.4 Å². The highest BCUT2D eigenvalue weighted by Gasteiger charge is 2.14. The zero-order valence-corrected chi connectivity index (χ0v) is 10.7. The number of carbonyl (C=O) groups excluding carboxylic acids is 1. The Labute approximate surface area is 103 Å². The molecule has 0 unspecified atom stereocenters. The number of anilines is 1. The van der Waals surface area contributed by atoms with Crippen molar-refractivity contribution in [1.82, 2.24) is 4.90 Å². The van der Waals surface area contributed by atoms with Crippen LogP contribution >= 0.6 is 0 Å². The van der Waals surface area contributed by atoms with Gasteiger partial charge in [0.05, 0.1) is 6.54 Å². The predicted octanol–water partition coefficient (Wildman–Crippen LogP) is 1.27. The van der Waals surface area contributed by atoms with Crippen LogP contribution in [0.5, 0.6) is 0 Å². The highest BCUT2D eigenvalue weighted by atomic mass is 16.1. The smallest absolute Gasteiger partial charge is 0.231 e.